The summed E-state index contributed by atoms with van der Waals surface area (Å²) < 4.78 is 28.0. The van der Waals surface area contributed by atoms with Crippen LogP contribution in [-0.2, 0) is 27.8 Å². The zero-order valence-electron chi connectivity index (χ0n) is 14.4. The number of hydrogen-bond donors (Lipinski definition) is 1. The van der Waals surface area contributed by atoms with Gasteiger partial charge in [-0.25, -0.2) is 8.42 Å². The molecular weight excluding hydrogens is 368 g/mol. The molecule has 1 aromatic carbocycles. The number of sulfonamides is 1. The van der Waals surface area contributed by atoms with Crippen LogP contribution in [0.5, 0.6) is 0 Å². The van der Waals surface area contributed by atoms with Gasteiger partial charge in [-0.15, -0.1) is 11.3 Å². The van der Waals surface area contributed by atoms with Gasteiger partial charge in [0.05, 0.1) is 0 Å². The van der Waals surface area contributed by atoms with Crippen molar-refractivity contribution in [3.8, 4) is 0 Å². The topological polar surface area (TPSA) is 66.5 Å². The molecule has 1 aliphatic heterocycles. The molecule has 138 valence electrons. The number of carbonyl (C=O) groups is 1. The maximum atomic E-state index is 13.2. The number of carbonyl (C=O) groups excluding carboxylic acids is 1. The van der Waals surface area contributed by atoms with Crippen LogP contribution >= 0.6 is 11.3 Å². The first-order valence-corrected chi connectivity index (χ1v) is 11.3. The minimum absolute atomic E-state index is 0.172. The number of benzene rings is 1. The van der Waals surface area contributed by atoms with E-state index >= 15 is 0 Å². The molecule has 4 rings (SSSR count). The van der Waals surface area contributed by atoms with Crippen molar-refractivity contribution in [3.05, 3.63) is 52.9 Å². The number of rotatable bonds is 4. The van der Waals surface area contributed by atoms with E-state index in [-0.39, 0.29) is 22.7 Å². The summed E-state index contributed by atoms with van der Waals surface area (Å²) >= 11 is 1.19. The number of fused-ring (bicyclic) bond motifs is 1. The lowest BCUT2D eigenvalue weighted by atomic mass is 9.95. The standard InChI is InChI=1S/C19H22N2O3S2/c22-19(20-16-8-3-4-9-16)17-12-14-6-1-2-7-15(14)13-21(17)26(23,24)18-10-5-11-25-18/h1-2,5-7,10-11,16-17H,3-4,8-9,12-13H2,(H,20,22). The minimum atomic E-state index is -3.70. The largest absolute Gasteiger partial charge is 0.352 e. The van der Waals surface area contributed by atoms with Crippen LogP contribution in [0.25, 0.3) is 0 Å². The Kier molecular flexibility index (Phi) is 4.86. The zero-order valence-corrected chi connectivity index (χ0v) is 16.1. The summed E-state index contributed by atoms with van der Waals surface area (Å²) in [5, 5.41) is 4.83. The van der Waals surface area contributed by atoms with Gasteiger partial charge in [0.1, 0.15) is 10.3 Å². The highest BCUT2D eigenvalue weighted by molar-refractivity contribution is 7.91. The van der Waals surface area contributed by atoms with Crippen LogP contribution in [0.15, 0.2) is 46.0 Å². The summed E-state index contributed by atoms with van der Waals surface area (Å²) in [5.41, 5.74) is 2.02. The lowest BCUT2D eigenvalue weighted by Gasteiger charge is -2.35. The Morgan fingerprint density at radius 2 is 1.81 bits per heavy atom. The molecule has 0 spiro atoms. The van der Waals surface area contributed by atoms with E-state index in [4.69, 9.17) is 0 Å². The van der Waals surface area contributed by atoms with Crippen LogP contribution in [0.4, 0.5) is 0 Å². The first-order chi connectivity index (χ1) is 12.6. The van der Waals surface area contributed by atoms with Crippen molar-refractivity contribution in [2.75, 3.05) is 0 Å². The monoisotopic (exact) mass is 390 g/mol. The molecule has 2 heterocycles. The van der Waals surface area contributed by atoms with Crippen molar-refractivity contribution < 1.29 is 13.2 Å². The van der Waals surface area contributed by atoms with Gasteiger partial charge in [-0.3, -0.25) is 4.79 Å². The van der Waals surface area contributed by atoms with Crippen LogP contribution in [0.2, 0.25) is 0 Å². The Labute approximate surface area is 158 Å². The molecule has 1 aliphatic carbocycles. The fourth-order valence-electron chi connectivity index (χ4n) is 3.87. The zero-order chi connectivity index (χ0) is 18.1. The molecule has 2 aliphatic rings. The van der Waals surface area contributed by atoms with Gasteiger partial charge in [0.25, 0.3) is 10.0 Å². The van der Waals surface area contributed by atoms with Gasteiger partial charge in [-0.1, -0.05) is 43.2 Å². The van der Waals surface area contributed by atoms with Crippen molar-refractivity contribution in [2.24, 2.45) is 0 Å². The van der Waals surface area contributed by atoms with Gasteiger partial charge in [0, 0.05) is 12.6 Å². The molecule has 2 aromatic rings. The Balaban J connectivity index is 1.67. The second kappa shape index (κ2) is 7.13. The first-order valence-electron chi connectivity index (χ1n) is 8.98. The Morgan fingerprint density at radius 1 is 1.08 bits per heavy atom. The van der Waals surface area contributed by atoms with Crippen LogP contribution in [0.1, 0.15) is 36.8 Å². The summed E-state index contributed by atoms with van der Waals surface area (Å²) in [6, 6.07) is 10.6. The highest BCUT2D eigenvalue weighted by atomic mass is 32.2. The van der Waals surface area contributed by atoms with E-state index in [9.17, 15) is 13.2 Å². The Bertz CT molecular complexity index is 887. The van der Waals surface area contributed by atoms with E-state index in [1.165, 1.54) is 15.6 Å². The number of nitrogens with one attached hydrogen (secondary N) is 1. The molecule has 0 bridgehead atoms. The van der Waals surface area contributed by atoms with E-state index in [2.05, 4.69) is 5.32 Å². The van der Waals surface area contributed by atoms with Crippen molar-refractivity contribution in [3.63, 3.8) is 0 Å². The second-order valence-corrected chi connectivity index (χ2v) is 10.0. The molecule has 1 amide bonds. The third kappa shape index (κ3) is 3.31. The summed E-state index contributed by atoms with van der Waals surface area (Å²) in [4.78, 5) is 13.0. The summed E-state index contributed by atoms with van der Waals surface area (Å²) in [5.74, 6) is -0.175. The third-order valence-electron chi connectivity index (χ3n) is 5.27. The van der Waals surface area contributed by atoms with E-state index in [0.717, 1.165) is 36.8 Å². The summed E-state index contributed by atoms with van der Waals surface area (Å²) in [6.45, 7) is 0.235. The van der Waals surface area contributed by atoms with Crippen LogP contribution in [0.3, 0.4) is 0 Å². The number of thiophene rings is 1. The summed E-state index contributed by atoms with van der Waals surface area (Å²) in [7, 11) is -3.70. The van der Waals surface area contributed by atoms with Gasteiger partial charge < -0.3 is 5.32 Å². The Hall–Kier alpha value is -1.70. The molecule has 7 heteroatoms. The van der Waals surface area contributed by atoms with Crippen LogP contribution in [0, 0.1) is 0 Å². The normalized spacial score (nSPS) is 21.5. The maximum Gasteiger partial charge on any atom is 0.253 e. The van der Waals surface area contributed by atoms with Crippen molar-refractivity contribution in [1.29, 1.82) is 0 Å². The average molecular weight is 391 g/mol. The predicted molar refractivity (Wildman–Crippen MR) is 101 cm³/mol. The maximum absolute atomic E-state index is 13.2. The van der Waals surface area contributed by atoms with Gasteiger partial charge in [-0.05, 0) is 41.8 Å². The lowest BCUT2D eigenvalue weighted by molar-refractivity contribution is -0.125. The van der Waals surface area contributed by atoms with Gasteiger partial charge in [0.15, 0.2) is 0 Å². The van der Waals surface area contributed by atoms with Crippen molar-refractivity contribution in [1.82, 2.24) is 9.62 Å². The highest BCUT2D eigenvalue weighted by Gasteiger charge is 2.40. The molecule has 1 atom stereocenters. The molecule has 0 saturated heterocycles. The highest BCUT2D eigenvalue weighted by Crippen LogP contribution is 2.31. The fourth-order valence-corrected chi connectivity index (χ4v) is 6.55. The lowest BCUT2D eigenvalue weighted by Crippen LogP contribution is -2.53. The first kappa shape index (κ1) is 17.7. The average Bonchev–Trinajstić information content (AvgIpc) is 3.34. The molecular formula is C19H22N2O3S2. The molecule has 0 radical (unpaired) electrons. The van der Waals surface area contributed by atoms with Gasteiger partial charge in [-0.2, -0.15) is 4.31 Å². The van der Waals surface area contributed by atoms with Gasteiger partial charge >= 0.3 is 0 Å². The molecule has 1 aromatic heterocycles. The van der Waals surface area contributed by atoms with E-state index in [0.29, 0.717) is 6.42 Å². The van der Waals surface area contributed by atoms with E-state index in [1.807, 2.05) is 24.3 Å². The number of nitrogens with zero attached hydrogens (tertiary/aromatic N) is 1. The third-order valence-corrected chi connectivity index (χ3v) is 8.50. The molecule has 5 nitrogen and oxygen atoms in total. The van der Waals surface area contributed by atoms with Crippen molar-refractivity contribution in [2.45, 2.75) is 54.9 Å². The fraction of sp³-hybridized carbons (Fsp3) is 0.421. The number of amides is 1. The van der Waals surface area contributed by atoms with Gasteiger partial charge in [0.2, 0.25) is 5.91 Å². The summed E-state index contributed by atoms with van der Waals surface area (Å²) in [6.07, 6.45) is 4.62. The molecule has 1 saturated carbocycles. The predicted octanol–water partition coefficient (Wildman–Crippen LogP) is 2.92. The molecule has 1 fully saturated rings. The quantitative estimate of drug-likeness (QED) is 0.873. The van der Waals surface area contributed by atoms with E-state index < -0.39 is 16.1 Å². The molecule has 1 N–H and O–H groups in total. The SMILES string of the molecule is O=C(NC1CCCC1)C1Cc2ccccc2CN1S(=O)(=O)c1cccs1. The number of hydrogen-bond acceptors (Lipinski definition) is 4. The van der Waals surface area contributed by atoms with Crippen LogP contribution < -0.4 is 5.32 Å². The minimum Gasteiger partial charge on any atom is -0.352 e. The Morgan fingerprint density at radius 3 is 2.50 bits per heavy atom. The van der Waals surface area contributed by atoms with E-state index in [1.54, 1.807) is 17.5 Å². The van der Waals surface area contributed by atoms with Crippen molar-refractivity contribution >= 4 is 27.3 Å². The van der Waals surface area contributed by atoms with Crippen LogP contribution in [-0.4, -0.2) is 30.7 Å². The molecule has 26 heavy (non-hydrogen) atoms. The smallest absolute Gasteiger partial charge is 0.253 e. The molecule has 1 unspecified atom stereocenters. The second-order valence-electron chi connectivity index (χ2n) is 6.96.